The molecule has 2 aliphatic rings. The first kappa shape index (κ1) is 19.8. The summed E-state index contributed by atoms with van der Waals surface area (Å²) in [6, 6.07) is 7.86. The number of β-amino-alcohol motifs (C(OH)–C–C–N with tert-alkyl or cyclic N) is 1. The van der Waals surface area contributed by atoms with Gasteiger partial charge in [0.2, 0.25) is 0 Å². The number of aliphatic hydroxyl groups excluding tert-OH is 3. The molecule has 146 valence electrons. The lowest BCUT2D eigenvalue weighted by atomic mass is 9.91. The van der Waals surface area contributed by atoms with Crippen molar-refractivity contribution in [3.63, 3.8) is 0 Å². The summed E-state index contributed by atoms with van der Waals surface area (Å²) in [6.07, 6.45) is 3.79. The third kappa shape index (κ3) is 4.84. The van der Waals surface area contributed by atoms with Crippen molar-refractivity contribution in [2.75, 3.05) is 32.7 Å². The number of benzene rings is 1. The zero-order chi connectivity index (χ0) is 18.5. The molecule has 0 radical (unpaired) electrons. The second-order valence-electron chi connectivity index (χ2n) is 8.07. The number of rotatable bonds is 8. The van der Waals surface area contributed by atoms with Crippen molar-refractivity contribution in [2.45, 2.75) is 57.5 Å². The van der Waals surface area contributed by atoms with Crippen molar-refractivity contribution in [3.8, 4) is 0 Å². The van der Waals surface area contributed by atoms with Crippen molar-refractivity contribution in [1.29, 1.82) is 0 Å². The van der Waals surface area contributed by atoms with Crippen LogP contribution in [-0.4, -0.2) is 70.0 Å². The third-order valence-corrected chi connectivity index (χ3v) is 6.20. The van der Waals surface area contributed by atoms with E-state index in [-0.39, 0.29) is 12.5 Å². The van der Waals surface area contributed by atoms with Gasteiger partial charge >= 0.3 is 0 Å². The lowest BCUT2D eigenvalue weighted by molar-refractivity contribution is -0.00221. The summed E-state index contributed by atoms with van der Waals surface area (Å²) in [5, 5.41) is 30.5. The molecule has 0 spiro atoms. The molecule has 0 bridgehead atoms. The van der Waals surface area contributed by atoms with E-state index < -0.39 is 12.2 Å². The maximum atomic E-state index is 10.7. The van der Waals surface area contributed by atoms with E-state index in [2.05, 4.69) is 9.80 Å². The second kappa shape index (κ2) is 9.29. The zero-order valence-corrected chi connectivity index (χ0v) is 15.9. The molecule has 0 aromatic heterocycles. The predicted molar refractivity (Wildman–Crippen MR) is 103 cm³/mol. The zero-order valence-electron chi connectivity index (χ0n) is 15.9. The Kier molecular flexibility index (Phi) is 7.06. The van der Waals surface area contributed by atoms with Crippen LogP contribution in [0.3, 0.4) is 0 Å². The molecule has 5 heteroatoms. The Hall–Kier alpha value is -0.980. The molecule has 3 rings (SSSR count). The quantitative estimate of drug-likeness (QED) is 0.658. The van der Waals surface area contributed by atoms with Gasteiger partial charge in [0.05, 0.1) is 18.8 Å². The van der Waals surface area contributed by atoms with Crippen LogP contribution >= 0.6 is 0 Å². The van der Waals surface area contributed by atoms with Gasteiger partial charge in [0, 0.05) is 25.0 Å². The molecular weight excluding hydrogens is 328 g/mol. The molecule has 26 heavy (non-hydrogen) atoms. The van der Waals surface area contributed by atoms with Crippen molar-refractivity contribution in [1.82, 2.24) is 9.80 Å². The fourth-order valence-corrected chi connectivity index (χ4v) is 4.35. The molecule has 5 nitrogen and oxygen atoms in total. The van der Waals surface area contributed by atoms with E-state index in [9.17, 15) is 10.2 Å². The molecule has 2 fully saturated rings. The Bertz CT molecular complexity index is 545. The molecule has 1 aromatic carbocycles. The molecule has 0 saturated carbocycles. The summed E-state index contributed by atoms with van der Waals surface area (Å²) in [7, 11) is 0. The Labute approximate surface area is 157 Å². The molecule has 2 aliphatic heterocycles. The van der Waals surface area contributed by atoms with Crippen molar-refractivity contribution < 1.29 is 15.3 Å². The fourth-order valence-electron chi connectivity index (χ4n) is 4.35. The van der Waals surface area contributed by atoms with Crippen LogP contribution in [0.1, 0.15) is 49.8 Å². The highest BCUT2D eigenvalue weighted by molar-refractivity contribution is 5.24. The van der Waals surface area contributed by atoms with Crippen LogP contribution < -0.4 is 0 Å². The monoisotopic (exact) mass is 362 g/mol. The average Bonchev–Trinajstić information content (AvgIpc) is 3.33. The molecule has 4 atom stereocenters. The van der Waals surface area contributed by atoms with E-state index in [1.54, 1.807) is 0 Å². The van der Waals surface area contributed by atoms with E-state index in [0.717, 1.165) is 24.2 Å². The van der Waals surface area contributed by atoms with Gasteiger partial charge < -0.3 is 20.2 Å². The van der Waals surface area contributed by atoms with Crippen molar-refractivity contribution in [3.05, 3.63) is 35.4 Å². The third-order valence-electron chi connectivity index (χ3n) is 6.20. The van der Waals surface area contributed by atoms with E-state index >= 15 is 0 Å². The largest absolute Gasteiger partial charge is 0.392 e. The average molecular weight is 363 g/mol. The van der Waals surface area contributed by atoms with Crippen LogP contribution in [0.5, 0.6) is 0 Å². The minimum atomic E-state index is -0.697. The summed E-state index contributed by atoms with van der Waals surface area (Å²) in [5.41, 5.74) is 1.62. The number of hydrogen-bond acceptors (Lipinski definition) is 5. The Morgan fingerprint density at radius 1 is 1.04 bits per heavy atom. The fraction of sp³-hybridized carbons (Fsp3) is 0.714. The van der Waals surface area contributed by atoms with Gasteiger partial charge in [-0.2, -0.15) is 0 Å². The summed E-state index contributed by atoms with van der Waals surface area (Å²) < 4.78 is 0. The Balaban J connectivity index is 1.54. The lowest BCUT2D eigenvalue weighted by Crippen LogP contribution is -2.44. The topological polar surface area (TPSA) is 67.2 Å². The highest BCUT2D eigenvalue weighted by Crippen LogP contribution is 2.27. The van der Waals surface area contributed by atoms with Crippen LogP contribution in [0, 0.1) is 5.92 Å². The molecule has 0 amide bonds. The van der Waals surface area contributed by atoms with Gasteiger partial charge in [0.15, 0.2) is 0 Å². The van der Waals surface area contributed by atoms with E-state index in [4.69, 9.17) is 5.11 Å². The van der Waals surface area contributed by atoms with Gasteiger partial charge in [-0.05, 0) is 56.4 Å². The second-order valence-corrected chi connectivity index (χ2v) is 8.07. The van der Waals surface area contributed by atoms with E-state index in [1.165, 1.54) is 38.8 Å². The number of aliphatic hydroxyl groups is 3. The van der Waals surface area contributed by atoms with Crippen LogP contribution in [0.25, 0.3) is 0 Å². The van der Waals surface area contributed by atoms with Crippen LogP contribution in [-0.2, 0) is 6.61 Å². The maximum Gasteiger partial charge on any atom is 0.0840 e. The molecule has 2 saturated heterocycles. The first-order valence-corrected chi connectivity index (χ1v) is 10.1. The van der Waals surface area contributed by atoms with Crippen LogP contribution in [0.4, 0.5) is 0 Å². The SMILES string of the molecule is CC(C(O)CN1CCCC1CN1CCCC1)C(O)c1ccc(CO)cc1. The van der Waals surface area contributed by atoms with Crippen LogP contribution in [0.2, 0.25) is 0 Å². The minimum absolute atomic E-state index is 0.00190. The standard InChI is InChI=1S/C21H34N2O3/c1-16(21(26)18-8-6-17(15-24)7-9-18)20(25)14-23-12-4-5-19(23)13-22-10-2-3-11-22/h6-9,16,19-21,24-26H,2-5,10-15H2,1H3. The van der Waals surface area contributed by atoms with Gasteiger partial charge in [0.25, 0.3) is 0 Å². The number of likely N-dealkylation sites (tertiary alicyclic amines) is 2. The predicted octanol–water partition coefficient (Wildman–Crippen LogP) is 1.77. The first-order chi connectivity index (χ1) is 12.6. The lowest BCUT2D eigenvalue weighted by Gasteiger charge is -2.33. The maximum absolute atomic E-state index is 10.7. The summed E-state index contributed by atoms with van der Waals surface area (Å²) in [5.74, 6) is -0.233. The summed E-state index contributed by atoms with van der Waals surface area (Å²) >= 11 is 0. The van der Waals surface area contributed by atoms with E-state index in [0.29, 0.717) is 12.6 Å². The van der Waals surface area contributed by atoms with Gasteiger partial charge in [-0.15, -0.1) is 0 Å². The van der Waals surface area contributed by atoms with Gasteiger partial charge in [-0.25, -0.2) is 0 Å². The summed E-state index contributed by atoms with van der Waals surface area (Å²) in [4.78, 5) is 4.97. The Morgan fingerprint density at radius 3 is 2.38 bits per heavy atom. The molecular formula is C21H34N2O3. The Morgan fingerprint density at radius 2 is 1.73 bits per heavy atom. The molecule has 1 aromatic rings. The highest BCUT2D eigenvalue weighted by Gasteiger charge is 2.32. The first-order valence-electron chi connectivity index (χ1n) is 10.1. The van der Waals surface area contributed by atoms with Crippen molar-refractivity contribution in [2.24, 2.45) is 5.92 Å². The normalized spacial score (nSPS) is 25.5. The van der Waals surface area contributed by atoms with Gasteiger partial charge in [0.1, 0.15) is 0 Å². The van der Waals surface area contributed by atoms with Gasteiger partial charge in [-0.1, -0.05) is 31.2 Å². The van der Waals surface area contributed by atoms with Crippen LogP contribution in [0.15, 0.2) is 24.3 Å². The van der Waals surface area contributed by atoms with E-state index in [1.807, 2.05) is 31.2 Å². The molecule has 3 N–H and O–H groups in total. The number of nitrogens with zero attached hydrogens (tertiary/aromatic N) is 2. The smallest absolute Gasteiger partial charge is 0.0840 e. The van der Waals surface area contributed by atoms with Gasteiger partial charge in [-0.3, -0.25) is 4.90 Å². The molecule has 0 aliphatic carbocycles. The molecule has 2 heterocycles. The summed E-state index contributed by atoms with van der Waals surface area (Å²) in [6.45, 7) is 7.14. The highest BCUT2D eigenvalue weighted by atomic mass is 16.3. The van der Waals surface area contributed by atoms with Crippen molar-refractivity contribution >= 4 is 0 Å². The molecule has 4 unspecified atom stereocenters. The minimum Gasteiger partial charge on any atom is -0.392 e. The number of hydrogen-bond donors (Lipinski definition) is 3.